The molecule has 17 heavy (non-hydrogen) atoms. The van der Waals surface area contributed by atoms with Crippen LogP contribution in [-0.2, 0) is 13.3 Å². The molecule has 0 N–H and O–H groups in total. The molecule has 0 saturated carbocycles. The second-order valence-corrected chi connectivity index (χ2v) is 8.57. The Morgan fingerprint density at radius 1 is 0.765 bits per heavy atom. The van der Waals surface area contributed by atoms with Crippen LogP contribution in [0.15, 0.2) is 0 Å². The zero-order valence-electron chi connectivity index (χ0n) is 12.6. The van der Waals surface area contributed by atoms with E-state index in [-0.39, 0.29) is 0 Å². The quantitative estimate of drug-likeness (QED) is 0.595. The van der Waals surface area contributed by atoms with E-state index in [9.17, 15) is 0 Å². The Hall–Kier alpha value is 0.0969. The van der Waals surface area contributed by atoms with Gasteiger partial charge in [0.2, 0.25) is 0 Å². The topological polar surface area (TPSA) is 27.7 Å². The van der Waals surface area contributed by atoms with Crippen LogP contribution in [0.5, 0.6) is 0 Å². The van der Waals surface area contributed by atoms with E-state index < -0.39 is 8.80 Å². The van der Waals surface area contributed by atoms with Gasteiger partial charge < -0.3 is 13.3 Å². The summed E-state index contributed by atoms with van der Waals surface area (Å²) >= 11 is 0. The third kappa shape index (κ3) is 6.55. The largest absolute Gasteiger partial charge is 0.500 e. The van der Waals surface area contributed by atoms with Crippen molar-refractivity contribution >= 4 is 8.80 Å². The molecule has 0 amide bonds. The summed E-state index contributed by atoms with van der Waals surface area (Å²) in [4.78, 5) is 0. The highest BCUT2D eigenvalue weighted by atomic mass is 28.4. The highest BCUT2D eigenvalue weighted by molar-refractivity contribution is 6.60. The highest BCUT2D eigenvalue weighted by Gasteiger charge is 2.39. The fraction of sp³-hybridized carbons (Fsp3) is 1.00. The van der Waals surface area contributed by atoms with E-state index >= 15 is 0 Å². The molecule has 3 nitrogen and oxygen atoms in total. The van der Waals surface area contributed by atoms with E-state index in [1.54, 1.807) is 21.3 Å². The molecular weight excluding hydrogens is 232 g/mol. The van der Waals surface area contributed by atoms with E-state index in [1.807, 2.05) is 0 Å². The van der Waals surface area contributed by atoms with Crippen LogP contribution < -0.4 is 0 Å². The van der Waals surface area contributed by atoms with Crippen molar-refractivity contribution in [2.75, 3.05) is 21.3 Å². The zero-order valence-corrected chi connectivity index (χ0v) is 13.6. The number of rotatable bonds is 9. The van der Waals surface area contributed by atoms with Gasteiger partial charge in [-0.05, 0) is 30.6 Å². The van der Waals surface area contributed by atoms with Gasteiger partial charge in [-0.1, -0.05) is 27.7 Å². The number of hydrogen-bond donors (Lipinski definition) is 0. The second kappa shape index (κ2) is 8.24. The van der Waals surface area contributed by atoms with E-state index in [4.69, 9.17) is 13.3 Å². The van der Waals surface area contributed by atoms with Gasteiger partial charge in [0, 0.05) is 27.4 Å². The van der Waals surface area contributed by atoms with E-state index in [0.717, 1.165) is 17.9 Å². The molecule has 2 unspecified atom stereocenters. The van der Waals surface area contributed by atoms with Crippen molar-refractivity contribution in [3.05, 3.63) is 0 Å². The van der Waals surface area contributed by atoms with Crippen LogP contribution in [0.4, 0.5) is 0 Å². The molecule has 0 aromatic carbocycles. The minimum absolute atomic E-state index is 0.579. The molecule has 0 fully saturated rings. The van der Waals surface area contributed by atoms with Crippen molar-refractivity contribution < 1.29 is 13.3 Å². The Bertz CT molecular complexity index is 185. The molecule has 0 aromatic heterocycles. The van der Waals surface area contributed by atoms with Gasteiger partial charge in [0.05, 0.1) is 0 Å². The van der Waals surface area contributed by atoms with Crippen molar-refractivity contribution in [1.82, 2.24) is 0 Å². The van der Waals surface area contributed by atoms with Gasteiger partial charge in [-0.2, -0.15) is 0 Å². The van der Waals surface area contributed by atoms with Crippen molar-refractivity contribution in [3.63, 3.8) is 0 Å². The molecule has 0 heterocycles. The zero-order chi connectivity index (χ0) is 13.5. The van der Waals surface area contributed by atoms with Crippen LogP contribution in [0.3, 0.4) is 0 Å². The summed E-state index contributed by atoms with van der Waals surface area (Å²) in [7, 11) is 2.66. The first-order chi connectivity index (χ1) is 7.89. The highest BCUT2D eigenvalue weighted by Crippen LogP contribution is 2.26. The summed E-state index contributed by atoms with van der Waals surface area (Å²) in [6.07, 6.45) is 2.49. The van der Waals surface area contributed by atoms with E-state index in [0.29, 0.717) is 5.92 Å². The molecular formula is C13H30O3Si. The van der Waals surface area contributed by atoms with Crippen molar-refractivity contribution in [1.29, 1.82) is 0 Å². The molecule has 4 heteroatoms. The van der Waals surface area contributed by atoms with Gasteiger partial charge in [-0.3, -0.25) is 0 Å². The maximum absolute atomic E-state index is 5.46. The summed E-state index contributed by atoms with van der Waals surface area (Å²) in [5.74, 6) is 2.10. The van der Waals surface area contributed by atoms with Crippen LogP contribution in [0.25, 0.3) is 0 Å². The summed E-state index contributed by atoms with van der Waals surface area (Å²) in [6.45, 7) is 9.14. The van der Waals surface area contributed by atoms with Crippen molar-refractivity contribution in [2.45, 2.75) is 46.6 Å². The van der Waals surface area contributed by atoms with Gasteiger partial charge in [-0.25, -0.2) is 0 Å². The van der Waals surface area contributed by atoms with Gasteiger partial charge in [-0.15, -0.1) is 0 Å². The lowest BCUT2D eigenvalue weighted by atomic mass is 9.91. The smallest absolute Gasteiger partial charge is 0.377 e. The summed E-state index contributed by atoms with van der Waals surface area (Å²) in [6, 6.07) is 0.902. The summed E-state index contributed by atoms with van der Waals surface area (Å²) in [5.41, 5.74) is 0. The van der Waals surface area contributed by atoms with Crippen LogP contribution >= 0.6 is 0 Å². The van der Waals surface area contributed by atoms with E-state index in [2.05, 4.69) is 27.7 Å². The molecule has 0 aromatic rings. The first-order valence-corrected chi connectivity index (χ1v) is 8.47. The first kappa shape index (κ1) is 17.1. The monoisotopic (exact) mass is 262 g/mol. The van der Waals surface area contributed by atoms with Crippen LogP contribution in [-0.4, -0.2) is 30.1 Å². The van der Waals surface area contributed by atoms with Crippen LogP contribution in [0.2, 0.25) is 6.04 Å². The average molecular weight is 262 g/mol. The van der Waals surface area contributed by atoms with Crippen LogP contribution in [0.1, 0.15) is 40.5 Å². The molecule has 2 atom stereocenters. The summed E-state index contributed by atoms with van der Waals surface area (Å²) in [5, 5.41) is 0. The minimum Gasteiger partial charge on any atom is -0.377 e. The second-order valence-electron chi connectivity index (χ2n) is 5.58. The lowest BCUT2D eigenvalue weighted by molar-refractivity contribution is 0.117. The Labute approximate surface area is 108 Å². The first-order valence-electron chi connectivity index (χ1n) is 6.54. The van der Waals surface area contributed by atoms with Gasteiger partial charge in [0.1, 0.15) is 0 Å². The standard InChI is InChI=1S/C13H30O3Si/c1-11(2)8-12(3)9-13(4)10-17(14-5,15-6)16-7/h11-13H,8-10H2,1-7H3. The molecule has 0 aliphatic carbocycles. The molecule has 0 radical (unpaired) electrons. The van der Waals surface area contributed by atoms with Gasteiger partial charge in [0.25, 0.3) is 0 Å². The lowest BCUT2D eigenvalue weighted by Crippen LogP contribution is -2.44. The Morgan fingerprint density at radius 2 is 1.24 bits per heavy atom. The average Bonchev–Trinajstić information content (AvgIpc) is 2.24. The predicted octanol–water partition coefficient (Wildman–Crippen LogP) is 3.57. The van der Waals surface area contributed by atoms with Crippen LogP contribution in [0, 0.1) is 17.8 Å². The Kier molecular flexibility index (Phi) is 8.29. The molecule has 0 bridgehead atoms. The maximum atomic E-state index is 5.46. The fourth-order valence-electron chi connectivity index (χ4n) is 2.60. The van der Waals surface area contributed by atoms with Gasteiger partial charge >= 0.3 is 8.80 Å². The minimum atomic E-state index is -2.39. The van der Waals surface area contributed by atoms with E-state index in [1.165, 1.54) is 12.8 Å². The SMILES string of the molecule is CO[Si](CC(C)CC(C)CC(C)C)(OC)OC. The normalized spacial score (nSPS) is 16.2. The molecule has 0 spiro atoms. The maximum Gasteiger partial charge on any atom is 0.500 e. The lowest BCUT2D eigenvalue weighted by Gasteiger charge is -2.28. The van der Waals surface area contributed by atoms with Gasteiger partial charge in [0.15, 0.2) is 0 Å². The predicted molar refractivity (Wildman–Crippen MR) is 74.0 cm³/mol. The van der Waals surface area contributed by atoms with Crippen molar-refractivity contribution in [2.24, 2.45) is 17.8 Å². The third-order valence-corrected chi connectivity index (χ3v) is 6.27. The molecule has 0 aliphatic rings. The number of hydrogen-bond acceptors (Lipinski definition) is 3. The molecule has 0 aliphatic heterocycles. The Morgan fingerprint density at radius 3 is 1.59 bits per heavy atom. The third-order valence-electron chi connectivity index (χ3n) is 3.21. The van der Waals surface area contributed by atoms with Crippen molar-refractivity contribution in [3.8, 4) is 0 Å². The molecule has 104 valence electrons. The summed E-state index contributed by atoms with van der Waals surface area (Å²) < 4.78 is 16.4. The fourth-order valence-corrected chi connectivity index (χ4v) is 4.62. The molecule has 0 saturated heterocycles. The molecule has 0 rings (SSSR count). The Balaban J connectivity index is 4.18.